The van der Waals surface area contributed by atoms with Gasteiger partial charge in [-0.05, 0) is 23.6 Å². The highest BCUT2D eigenvalue weighted by Gasteiger charge is 2.22. The van der Waals surface area contributed by atoms with Crippen LogP contribution in [0.15, 0.2) is 42.5 Å². The number of benzene rings is 2. The van der Waals surface area contributed by atoms with E-state index in [4.69, 9.17) is 5.73 Å². The Kier molecular flexibility index (Phi) is 7.57. The summed E-state index contributed by atoms with van der Waals surface area (Å²) in [4.78, 5) is 24.3. The van der Waals surface area contributed by atoms with Crippen LogP contribution in [0.2, 0.25) is 0 Å². The smallest absolute Gasteiger partial charge is 0.242 e. The molecule has 0 spiro atoms. The number of rotatable bonds is 8. The van der Waals surface area contributed by atoms with Crippen LogP contribution in [0, 0.1) is 17.5 Å². The van der Waals surface area contributed by atoms with E-state index in [0.29, 0.717) is 12.5 Å². The fourth-order valence-electron chi connectivity index (χ4n) is 2.80. The monoisotopic (exact) mass is 393 g/mol. The highest BCUT2D eigenvalue weighted by atomic mass is 19.2. The number of halogens is 3. The van der Waals surface area contributed by atoms with Crippen LogP contribution in [0.3, 0.4) is 0 Å². The zero-order valence-corrected chi connectivity index (χ0v) is 15.3. The largest absolute Gasteiger partial charge is 0.357 e. The van der Waals surface area contributed by atoms with Crippen LogP contribution in [0.5, 0.6) is 0 Å². The van der Waals surface area contributed by atoms with Crippen molar-refractivity contribution in [3.05, 3.63) is 71.0 Å². The SMILES string of the molecule is CNC(=O)C(Cc1ccccc1)NC(=O)C[C@H](N)Cc1cc(F)c(F)cc1F. The third-order valence-corrected chi connectivity index (χ3v) is 4.20. The van der Waals surface area contributed by atoms with Crippen molar-refractivity contribution in [1.29, 1.82) is 0 Å². The molecule has 0 aliphatic carbocycles. The maximum atomic E-state index is 13.7. The second kappa shape index (κ2) is 9.89. The van der Waals surface area contributed by atoms with E-state index >= 15 is 0 Å². The van der Waals surface area contributed by atoms with Crippen molar-refractivity contribution in [3.63, 3.8) is 0 Å². The maximum absolute atomic E-state index is 13.7. The lowest BCUT2D eigenvalue weighted by molar-refractivity contribution is -0.128. The van der Waals surface area contributed by atoms with Crippen molar-refractivity contribution in [2.24, 2.45) is 5.73 Å². The number of nitrogens with two attached hydrogens (primary N) is 1. The lowest BCUT2D eigenvalue weighted by atomic mass is 10.0. The number of likely N-dealkylation sites (N-methyl/N-ethyl adjacent to an activating group) is 1. The molecule has 0 aliphatic rings. The highest BCUT2D eigenvalue weighted by Crippen LogP contribution is 2.16. The van der Waals surface area contributed by atoms with Crippen LogP contribution in [0.1, 0.15) is 17.5 Å². The first kappa shape index (κ1) is 21.4. The summed E-state index contributed by atoms with van der Waals surface area (Å²) in [5, 5.41) is 5.10. The molecule has 150 valence electrons. The maximum Gasteiger partial charge on any atom is 0.242 e. The Morgan fingerprint density at radius 1 is 1.00 bits per heavy atom. The van der Waals surface area contributed by atoms with Gasteiger partial charge in [-0.15, -0.1) is 0 Å². The second-order valence-electron chi connectivity index (χ2n) is 6.45. The molecule has 0 saturated carbocycles. The lowest BCUT2D eigenvalue weighted by Gasteiger charge is -2.19. The molecule has 2 aromatic rings. The molecule has 0 bridgehead atoms. The van der Waals surface area contributed by atoms with Gasteiger partial charge < -0.3 is 16.4 Å². The van der Waals surface area contributed by atoms with Crippen LogP contribution in [-0.2, 0) is 22.4 Å². The van der Waals surface area contributed by atoms with Crippen molar-refractivity contribution >= 4 is 11.8 Å². The average molecular weight is 393 g/mol. The Bertz CT molecular complexity index is 831. The van der Waals surface area contributed by atoms with E-state index in [9.17, 15) is 22.8 Å². The summed E-state index contributed by atoms with van der Waals surface area (Å²) in [6.07, 6.45) is -0.0697. The molecule has 8 heteroatoms. The van der Waals surface area contributed by atoms with E-state index in [0.717, 1.165) is 11.6 Å². The number of nitrogens with one attached hydrogen (secondary N) is 2. The van der Waals surface area contributed by atoms with Crippen LogP contribution in [0.25, 0.3) is 0 Å². The third kappa shape index (κ3) is 6.09. The van der Waals surface area contributed by atoms with E-state index in [-0.39, 0.29) is 24.3 Å². The Morgan fingerprint density at radius 2 is 1.64 bits per heavy atom. The molecule has 4 N–H and O–H groups in total. The molecule has 0 aromatic heterocycles. The van der Waals surface area contributed by atoms with Gasteiger partial charge in [0.15, 0.2) is 11.6 Å². The van der Waals surface area contributed by atoms with Gasteiger partial charge in [-0.1, -0.05) is 30.3 Å². The fraction of sp³-hybridized carbons (Fsp3) is 0.300. The summed E-state index contributed by atoms with van der Waals surface area (Å²) < 4.78 is 40.0. The van der Waals surface area contributed by atoms with Crippen molar-refractivity contribution in [2.75, 3.05) is 7.05 Å². The van der Waals surface area contributed by atoms with Gasteiger partial charge in [0.2, 0.25) is 11.8 Å². The molecule has 2 atom stereocenters. The predicted octanol–water partition coefficient (Wildman–Crippen LogP) is 1.84. The molecular weight excluding hydrogens is 371 g/mol. The molecule has 0 heterocycles. The minimum Gasteiger partial charge on any atom is -0.357 e. The van der Waals surface area contributed by atoms with E-state index < -0.39 is 35.4 Å². The van der Waals surface area contributed by atoms with Crippen molar-refractivity contribution in [1.82, 2.24) is 10.6 Å². The third-order valence-electron chi connectivity index (χ3n) is 4.20. The molecule has 0 aliphatic heterocycles. The molecule has 0 fully saturated rings. The highest BCUT2D eigenvalue weighted by molar-refractivity contribution is 5.87. The zero-order valence-electron chi connectivity index (χ0n) is 15.3. The van der Waals surface area contributed by atoms with Crippen molar-refractivity contribution in [3.8, 4) is 0 Å². The first-order valence-corrected chi connectivity index (χ1v) is 8.74. The van der Waals surface area contributed by atoms with Crippen molar-refractivity contribution < 1.29 is 22.8 Å². The molecule has 2 rings (SSSR count). The Balaban J connectivity index is 1.97. The Labute approximate surface area is 161 Å². The van der Waals surface area contributed by atoms with E-state index in [2.05, 4.69) is 10.6 Å². The standard InChI is InChI=1S/C20H22F3N3O2/c1-25-20(28)18(7-12-5-3-2-4-6-12)26-19(27)10-14(24)8-13-9-16(22)17(23)11-15(13)21/h2-6,9,11,14,18H,7-8,10,24H2,1H3,(H,25,28)(H,26,27)/t14-,18?/m1/s1. The zero-order chi connectivity index (χ0) is 20.7. The van der Waals surface area contributed by atoms with Gasteiger partial charge in [0.05, 0.1) is 0 Å². The summed E-state index contributed by atoms with van der Waals surface area (Å²) in [5.74, 6) is -4.27. The summed E-state index contributed by atoms with van der Waals surface area (Å²) in [7, 11) is 1.46. The van der Waals surface area contributed by atoms with Crippen LogP contribution in [0.4, 0.5) is 13.2 Å². The van der Waals surface area contributed by atoms with E-state index in [1.54, 1.807) is 0 Å². The summed E-state index contributed by atoms with van der Waals surface area (Å²) >= 11 is 0. The molecule has 0 radical (unpaired) electrons. The van der Waals surface area contributed by atoms with Gasteiger partial charge in [-0.2, -0.15) is 0 Å². The summed E-state index contributed by atoms with van der Waals surface area (Å²) in [5.41, 5.74) is 6.60. The first-order chi connectivity index (χ1) is 13.3. The normalized spacial score (nSPS) is 12.9. The molecular formula is C20H22F3N3O2. The van der Waals surface area contributed by atoms with Gasteiger partial charge in [-0.25, -0.2) is 13.2 Å². The topological polar surface area (TPSA) is 84.2 Å². The number of carbonyl (C=O) groups excluding carboxylic acids is 2. The van der Waals surface area contributed by atoms with Gasteiger partial charge >= 0.3 is 0 Å². The minimum atomic E-state index is -1.29. The van der Waals surface area contributed by atoms with Crippen LogP contribution in [-0.4, -0.2) is 30.9 Å². The van der Waals surface area contributed by atoms with Gasteiger partial charge in [0.25, 0.3) is 0 Å². The summed E-state index contributed by atoms with van der Waals surface area (Å²) in [6.45, 7) is 0. The first-order valence-electron chi connectivity index (χ1n) is 8.74. The van der Waals surface area contributed by atoms with Crippen molar-refractivity contribution in [2.45, 2.75) is 31.3 Å². The molecule has 2 aromatic carbocycles. The van der Waals surface area contributed by atoms with Gasteiger partial charge in [0, 0.05) is 32.0 Å². The molecule has 2 amide bonds. The Morgan fingerprint density at radius 3 is 2.29 bits per heavy atom. The molecule has 5 nitrogen and oxygen atoms in total. The Hall–Kier alpha value is -2.87. The molecule has 0 saturated heterocycles. The second-order valence-corrected chi connectivity index (χ2v) is 6.45. The quantitative estimate of drug-likeness (QED) is 0.599. The van der Waals surface area contributed by atoms with Crippen LogP contribution < -0.4 is 16.4 Å². The summed E-state index contributed by atoms with van der Waals surface area (Å²) in [6, 6.07) is 8.69. The van der Waals surface area contributed by atoms with E-state index in [1.807, 2.05) is 30.3 Å². The fourth-order valence-corrected chi connectivity index (χ4v) is 2.80. The molecule has 28 heavy (non-hydrogen) atoms. The average Bonchev–Trinajstić information content (AvgIpc) is 2.65. The number of carbonyl (C=O) groups is 2. The van der Waals surface area contributed by atoms with E-state index in [1.165, 1.54) is 7.05 Å². The number of amides is 2. The van der Waals surface area contributed by atoms with Gasteiger partial charge in [-0.3, -0.25) is 9.59 Å². The molecule has 1 unspecified atom stereocenters. The minimum absolute atomic E-state index is 0.119. The predicted molar refractivity (Wildman–Crippen MR) is 98.8 cm³/mol. The lowest BCUT2D eigenvalue weighted by Crippen LogP contribution is -2.48. The number of hydrogen-bond donors (Lipinski definition) is 3. The number of hydrogen-bond acceptors (Lipinski definition) is 3. The van der Waals surface area contributed by atoms with Gasteiger partial charge in [0.1, 0.15) is 11.9 Å². The van der Waals surface area contributed by atoms with Crippen LogP contribution >= 0.6 is 0 Å².